The van der Waals surface area contributed by atoms with E-state index in [1.807, 2.05) is 4.83 Å². The molecule has 11 heteroatoms. The van der Waals surface area contributed by atoms with E-state index in [-0.39, 0.29) is 15.5 Å². The van der Waals surface area contributed by atoms with Gasteiger partial charge in [0.2, 0.25) is 0 Å². The van der Waals surface area contributed by atoms with Crippen molar-refractivity contribution in [2.45, 2.75) is 20.9 Å². The number of pyridine rings is 1. The van der Waals surface area contributed by atoms with Crippen molar-refractivity contribution in [3.8, 4) is 0 Å². The van der Waals surface area contributed by atoms with E-state index in [0.717, 1.165) is 24.0 Å². The Bertz CT molecular complexity index is 1150. The second-order valence-electron chi connectivity index (χ2n) is 5.83. The molecule has 156 valence electrons. The highest BCUT2D eigenvalue weighted by Gasteiger charge is 2.31. The Balaban J connectivity index is 1.89. The van der Waals surface area contributed by atoms with Gasteiger partial charge in [-0.2, -0.15) is 26.7 Å². The van der Waals surface area contributed by atoms with Gasteiger partial charge in [-0.05, 0) is 42.5 Å². The molecule has 0 amide bonds. The average Bonchev–Trinajstić information content (AvgIpc) is 2.70. The zero-order valence-corrected chi connectivity index (χ0v) is 17.4. The highest BCUT2D eigenvalue weighted by molar-refractivity contribution is 7.99. The van der Waals surface area contributed by atoms with Crippen LogP contribution in [0.15, 0.2) is 86.6 Å². The third-order valence-corrected chi connectivity index (χ3v) is 6.21. The summed E-state index contributed by atoms with van der Waals surface area (Å²) in [6.45, 7) is 0. The fourth-order valence-corrected chi connectivity index (χ4v) is 4.09. The molecule has 30 heavy (non-hydrogen) atoms. The van der Waals surface area contributed by atoms with E-state index in [1.165, 1.54) is 12.1 Å². The normalized spacial score (nSPS) is 12.3. The molecule has 3 aromatic rings. The molecule has 0 atom stereocenters. The number of nitrogens with one attached hydrogen (secondary N) is 1. The Kier molecular flexibility index (Phi) is 6.69. The monoisotopic (exact) mass is 471 g/mol. The van der Waals surface area contributed by atoms with Gasteiger partial charge in [0.25, 0.3) is 10.0 Å². The van der Waals surface area contributed by atoms with E-state index < -0.39 is 21.8 Å². The smallest absolute Gasteiger partial charge is 0.253 e. The standard InChI is InChI=1S/C19H13ClF3N3O2S2/c20-14-6-8-15(9-7-14)29-18-10-13(19(21,22)23)11-24-17(18)12-25-26-30(27,28)16-4-2-1-3-5-16/h1-12,26H/b25-12-. The minimum atomic E-state index is -4.58. The first-order valence-electron chi connectivity index (χ1n) is 8.26. The third kappa shape index (κ3) is 5.74. The van der Waals surface area contributed by atoms with Gasteiger partial charge in [-0.15, -0.1) is 0 Å². The van der Waals surface area contributed by atoms with Gasteiger partial charge in [-0.1, -0.05) is 41.6 Å². The van der Waals surface area contributed by atoms with Gasteiger partial charge in [0.05, 0.1) is 22.4 Å². The van der Waals surface area contributed by atoms with Crippen molar-refractivity contribution >= 4 is 39.6 Å². The molecule has 0 bridgehead atoms. The lowest BCUT2D eigenvalue weighted by Crippen LogP contribution is -2.18. The summed E-state index contributed by atoms with van der Waals surface area (Å²) >= 11 is 6.85. The minimum absolute atomic E-state index is 0.00158. The molecule has 0 spiro atoms. The molecule has 0 aliphatic carbocycles. The van der Waals surface area contributed by atoms with Crippen LogP contribution in [-0.4, -0.2) is 19.6 Å². The predicted molar refractivity (Wildman–Crippen MR) is 109 cm³/mol. The van der Waals surface area contributed by atoms with Gasteiger partial charge in [0.15, 0.2) is 0 Å². The first-order chi connectivity index (χ1) is 14.1. The molecule has 1 N–H and O–H groups in total. The Morgan fingerprint density at radius 3 is 2.37 bits per heavy atom. The molecule has 2 aromatic carbocycles. The fourth-order valence-electron chi connectivity index (χ4n) is 2.23. The van der Waals surface area contributed by atoms with E-state index in [9.17, 15) is 21.6 Å². The number of hydrogen-bond acceptors (Lipinski definition) is 5. The molecular weight excluding hydrogens is 459 g/mol. The molecule has 0 radical (unpaired) electrons. The lowest BCUT2D eigenvalue weighted by molar-refractivity contribution is -0.138. The molecule has 3 rings (SSSR count). The van der Waals surface area contributed by atoms with Crippen LogP contribution in [0.1, 0.15) is 11.3 Å². The zero-order valence-electron chi connectivity index (χ0n) is 15.0. The molecule has 0 saturated heterocycles. The lowest BCUT2D eigenvalue weighted by atomic mass is 10.2. The summed E-state index contributed by atoms with van der Waals surface area (Å²) in [5, 5.41) is 4.14. The second-order valence-corrected chi connectivity index (χ2v) is 9.04. The minimum Gasteiger partial charge on any atom is -0.253 e. The van der Waals surface area contributed by atoms with Gasteiger partial charge in [0.1, 0.15) is 0 Å². The SMILES string of the molecule is O=S(=O)(N/N=C\c1ncc(C(F)(F)F)cc1Sc1ccc(Cl)cc1)c1ccccc1. The summed E-state index contributed by atoms with van der Waals surface area (Å²) in [5.74, 6) is 0. The average molecular weight is 472 g/mol. The van der Waals surface area contributed by atoms with Crippen LogP contribution < -0.4 is 4.83 Å². The Labute approximate surface area is 180 Å². The van der Waals surface area contributed by atoms with Crippen LogP contribution in [-0.2, 0) is 16.2 Å². The first kappa shape index (κ1) is 22.1. The van der Waals surface area contributed by atoms with Crippen molar-refractivity contribution in [3.63, 3.8) is 0 Å². The van der Waals surface area contributed by atoms with Crippen molar-refractivity contribution in [1.82, 2.24) is 9.82 Å². The summed E-state index contributed by atoms with van der Waals surface area (Å²) in [5.41, 5.74) is -0.861. The van der Waals surface area contributed by atoms with E-state index in [0.29, 0.717) is 16.1 Å². The summed E-state index contributed by atoms with van der Waals surface area (Å²) < 4.78 is 63.7. The molecule has 0 unspecified atom stereocenters. The number of halogens is 4. The van der Waals surface area contributed by atoms with Gasteiger partial charge in [-0.3, -0.25) is 4.98 Å². The molecular formula is C19H13ClF3N3O2S2. The summed E-state index contributed by atoms with van der Waals surface area (Å²) in [4.78, 5) is 6.59. The lowest BCUT2D eigenvalue weighted by Gasteiger charge is -2.10. The van der Waals surface area contributed by atoms with Crippen molar-refractivity contribution in [2.24, 2.45) is 5.10 Å². The molecule has 0 saturated carbocycles. The quantitative estimate of drug-likeness (QED) is 0.395. The summed E-state index contributed by atoms with van der Waals surface area (Å²) in [7, 11) is -3.92. The molecule has 0 aliphatic rings. The van der Waals surface area contributed by atoms with Gasteiger partial charge in [0, 0.05) is 21.0 Å². The number of rotatable bonds is 6. The molecule has 0 fully saturated rings. The molecule has 5 nitrogen and oxygen atoms in total. The van der Waals surface area contributed by atoms with Gasteiger partial charge >= 0.3 is 6.18 Å². The highest BCUT2D eigenvalue weighted by Crippen LogP contribution is 2.35. The van der Waals surface area contributed by atoms with E-state index in [1.54, 1.807) is 42.5 Å². The van der Waals surface area contributed by atoms with Crippen molar-refractivity contribution in [1.29, 1.82) is 0 Å². The fraction of sp³-hybridized carbons (Fsp3) is 0.0526. The van der Waals surface area contributed by atoms with E-state index in [4.69, 9.17) is 11.6 Å². The van der Waals surface area contributed by atoms with Crippen molar-refractivity contribution < 1.29 is 21.6 Å². The Morgan fingerprint density at radius 2 is 1.73 bits per heavy atom. The van der Waals surface area contributed by atoms with Crippen LogP contribution in [0.5, 0.6) is 0 Å². The number of alkyl halides is 3. The Hall–Kier alpha value is -2.56. The number of benzene rings is 2. The number of nitrogens with zero attached hydrogens (tertiary/aromatic N) is 2. The highest BCUT2D eigenvalue weighted by atomic mass is 35.5. The zero-order chi connectivity index (χ0) is 21.8. The number of sulfonamides is 1. The second kappa shape index (κ2) is 9.07. The molecule has 1 heterocycles. The number of hydrogen-bond donors (Lipinski definition) is 1. The van der Waals surface area contributed by atoms with Crippen LogP contribution in [0.2, 0.25) is 5.02 Å². The number of hydrazone groups is 1. The van der Waals surface area contributed by atoms with E-state index >= 15 is 0 Å². The maximum Gasteiger partial charge on any atom is 0.417 e. The summed E-state index contributed by atoms with van der Waals surface area (Å²) in [6, 6.07) is 15.0. The number of aromatic nitrogens is 1. The largest absolute Gasteiger partial charge is 0.417 e. The van der Waals surface area contributed by atoms with Crippen molar-refractivity contribution in [2.75, 3.05) is 0 Å². The van der Waals surface area contributed by atoms with Crippen LogP contribution in [0.4, 0.5) is 13.2 Å². The Morgan fingerprint density at radius 1 is 1.07 bits per heavy atom. The maximum absolute atomic E-state index is 13.1. The first-order valence-corrected chi connectivity index (χ1v) is 10.9. The van der Waals surface area contributed by atoms with Crippen LogP contribution in [0.3, 0.4) is 0 Å². The molecule has 1 aromatic heterocycles. The van der Waals surface area contributed by atoms with E-state index in [2.05, 4.69) is 10.1 Å². The van der Waals surface area contributed by atoms with Crippen LogP contribution in [0.25, 0.3) is 0 Å². The predicted octanol–water partition coefficient (Wildman–Crippen LogP) is 5.22. The van der Waals surface area contributed by atoms with Crippen LogP contribution >= 0.6 is 23.4 Å². The van der Waals surface area contributed by atoms with Gasteiger partial charge in [-0.25, -0.2) is 4.83 Å². The maximum atomic E-state index is 13.1. The third-order valence-electron chi connectivity index (χ3n) is 3.66. The van der Waals surface area contributed by atoms with Crippen molar-refractivity contribution in [3.05, 3.63) is 83.1 Å². The van der Waals surface area contributed by atoms with Gasteiger partial charge < -0.3 is 0 Å². The van der Waals surface area contributed by atoms with Crippen LogP contribution in [0, 0.1) is 0 Å². The topological polar surface area (TPSA) is 71.4 Å². The molecule has 0 aliphatic heterocycles. The summed E-state index contributed by atoms with van der Waals surface area (Å²) in [6.07, 6.45) is -2.86.